The van der Waals surface area contributed by atoms with Crippen LogP contribution in [0.5, 0.6) is 5.75 Å². The number of anilines is 1. The summed E-state index contributed by atoms with van der Waals surface area (Å²) in [5, 5.41) is 5.99. The Morgan fingerprint density at radius 2 is 1.96 bits per heavy atom. The molecule has 0 fully saturated rings. The maximum absolute atomic E-state index is 12.3. The summed E-state index contributed by atoms with van der Waals surface area (Å²) in [4.78, 5) is 12.3. The summed E-state index contributed by atoms with van der Waals surface area (Å²) < 4.78 is 6.16. The van der Waals surface area contributed by atoms with Crippen LogP contribution in [0.4, 0.5) is 5.69 Å². The predicted molar refractivity (Wildman–Crippen MR) is 105 cm³/mol. The summed E-state index contributed by atoms with van der Waals surface area (Å²) in [5.41, 5.74) is 3.61. The van der Waals surface area contributed by atoms with Crippen molar-refractivity contribution in [1.82, 2.24) is 5.32 Å². The molecule has 2 aromatic carbocycles. The first-order chi connectivity index (χ1) is 11.4. The van der Waals surface area contributed by atoms with Crippen molar-refractivity contribution in [2.24, 2.45) is 0 Å². The van der Waals surface area contributed by atoms with Crippen molar-refractivity contribution in [3.63, 3.8) is 0 Å². The van der Waals surface area contributed by atoms with E-state index in [1.54, 1.807) is 18.2 Å². The van der Waals surface area contributed by atoms with E-state index in [1.165, 1.54) is 5.56 Å². The molecule has 2 N–H and O–H groups in total. The third-order valence-electron chi connectivity index (χ3n) is 3.35. The Kier molecular flexibility index (Phi) is 6.34. The molecule has 0 aliphatic heterocycles. The summed E-state index contributed by atoms with van der Waals surface area (Å²) in [6.07, 6.45) is 0. The molecule has 24 heavy (non-hydrogen) atoms. The van der Waals surface area contributed by atoms with Gasteiger partial charge in [0.2, 0.25) is 0 Å². The van der Waals surface area contributed by atoms with Crippen LogP contribution in [0.25, 0.3) is 0 Å². The van der Waals surface area contributed by atoms with Crippen molar-refractivity contribution in [3.8, 4) is 5.75 Å². The van der Waals surface area contributed by atoms with Gasteiger partial charge in [-0.1, -0.05) is 17.7 Å². The van der Waals surface area contributed by atoms with Crippen LogP contribution < -0.4 is 15.4 Å². The van der Waals surface area contributed by atoms with Crippen molar-refractivity contribution in [2.45, 2.75) is 20.8 Å². The number of thiocarbonyl (C=S) groups is 1. The smallest absolute Gasteiger partial charge is 0.257 e. The minimum Gasteiger partial charge on any atom is -0.493 e. The number of amides is 1. The third-order valence-corrected chi connectivity index (χ3v) is 4.17. The van der Waals surface area contributed by atoms with Gasteiger partial charge in [-0.2, -0.15) is 0 Å². The molecular formula is C18H19BrN2O2S. The predicted octanol–water partition coefficient (Wildman–Crippen LogP) is 4.59. The van der Waals surface area contributed by atoms with Gasteiger partial charge in [-0.25, -0.2) is 0 Å². The second-order valence-electron chi connectivity index (χ2n) is 5.30. The first-order valence-electron chi connectivity index (χ1n) is 7.52. The number of carbonyl (C=O) groups is 1. The molecule has 0 unspecified atom stereocenters. The molecule has 2 rings (SSSR count). The van der Waals surface area contributed by atoms with E-state index in [4.69, 9.17) is 17.0 Å². The number of benzene rings is 2. The molecule has 1 amide bonds. The quantitative estimate of drug-likeness (QED) is 0.728. The lowest BCUT2D eigenvalue weighted by Gasteiger charge is -2.13. The van der Waals surface area contributed by atoms with Gasteiger partial charge in [0.05, 0.1) is 11.1 Å². The van der Waals surface area contributed by atoms with E-state index in [1.807, 2.05) is 32.9 Å². The third kappa shape index (κ3) is 4.79. The maximum atomic E-state index is 12.3. The number of carbonyl (C=O) groups excluding carboxylic acids is 1. The SMILES string of the molecule is CCOc1ccc(C(=O)NC(=S)Nc2ccc(C)cc2C)cc1Br. The van der Waals surface area contributed by atoms with Crippen molar-refractivity contribution in [3.05, 3.63) is 57.6 Å². The molecule has 6 heteroatoms. The van der Waals surface area contributed by atoms with Crippen molar-refractivity contribution in [2.75, 3.05) is 11.9 Å². The van der Waals surface area contributed by atoms with Crippen LogP contribution in [0.2, 0.25) is 0 Å². The monoisotopic (exact) mass is 406 g/mol. The molecule has 2 aromatic rings. The largest absolute Gasteiger partial charge is 0.493 e. The minimum absolute atomic E-state index is 0.261. The van der Waals surface area contributed by atoms with Crippen molar-refractivity contribution >= 4 is 44.9 Å². The Hall–Kier alpha value is -1.92. The van der Waals surface area contributed by atoms with Crippen LogP contribution in [-0.4, -0.2) is 17.6 Å². The van der Waals surface area contributed by atoms with Gasteiger partial charge in [0.25, 0.3) is 5.91 Å². The van der Waals surface area contributed by atoms with E-state index in [0.717, 1.165) is 15.7 Å². The van der Waals surface area contributed by atoms with Gasteiger partial charge in [-0.15, -0.1) is 0 Å². The standard InChI is InChI=1S/C18H19BrN2O2S/c1-4-23-16-8-6-13(10-14(16)19)17(22)21-18(24)20-15-7-5-11(2)9-12(15)3/h5-10H,4H2,1-3H3,(H2,20,21,22,24). The molecule has 0 spiro atoms. The molecule has 0 saturated heterocycles. The van der Waals surface area contributed by atoms with Crippen LogP contribution in [0.3, 0.4) is 0 Å². The van der Waals surface area contributed by atoms with Crippen LogP contribution in [0, 0.1) is 13.8 Å². The molecule has 0 radical (unpaired) electrons. The van der Waals surface area contributed by atoms with Crippen LogP contribution in [-0.2, 0) is 0 Å². The summed E-state index contributed by atoms with van der Waals surface area (Å²) in [5.74, 6) is 0.422. The molecule has 0 bridgehead atoms. The Morgan fingerprint density at radius 1 is 1.21 bits per heavy atom. The van der Waals surface area contributed by atoms with Gasteiger partial charge < -0.3 is 10.1 Å². The van der Waals surface area contributed by atoms with Gasteiger partial charge >= 0.3 is 0 Å². The van der Waals surface area contributed by atoms with Gasteiger partial charge in [0, 0.05) is 11.3 Å². The second kappa shape index (κ2) is 8.26. The van der Waals surface area contributed by atoms with E-state index in [2.05, 4.69) is 32.6 Å². The Labute approximate surface area is 155 Å². The zero-order valence-corrected chi connectivity index (χ0v) is 16.2. The van der Waals surface area contributed by atoms with Crippen LogP contribution in [0.1, 0.15) is 28.4 Å². The van der Waals surface area contributed by atoms with E-state index in [0.29, 0.717) is 17.9 Å². The van der Waals surface area contributed by atoms with E-state index in [9.17, 15) is 4.79 Å². The molecule has 0 atom stereocenters. The molecule has 0 aliphatic rings. The molecule has 4 nitrogen and oxygen atoms in total. The first kappa shape index (κ1) is 18.4. The maximum Gasteiger partial charge on any atom is 0.257 e. The van der Waals surface area contributed by atoms with Gasteiger partial charge in [-0.05, 0) is 78.7 Å². The lowest BCUT2D eigenvalue weighted by molar-refractivity contribution is 0.0977. The molecule has 0 heterocycles. The molecule has 0 aliphatic carbocycles. The molecule has 0 saturated carbocycles. The van der Waals surface area contributed by atoms with E-state index >= 15 is 0 Å². The Balaban J connectivity index is 2.03. The lowest BCUT2D eigenvalue weighted by atomic mass is 10.1. The van der Waals surface area contributed by atoms with E-state index < -0.39 is 0 Å². The highest BCUT2D eigenvalue weighted by Gasteiger charge is 2.11. The summed E-state index contributed by atoms with van der Waals surface area (Å²) in [6.45, 7) is 6.49. The number of halogens is 1. The summed E-state index contributed by atoms with van der Waals surface area (Å²) in [6, 6.07) is 11.1. The fourth-order valence-electron chi connectivity index (χ4n) is 2.20. The van der Waals surface area contributed by atoms with Crippen molar-refractivity contribution < 1.29 is 9.53 Å². The van der Waals surface area contributed by atoms with Gasteiger partial charge in [0.15, 0.2) is 5.11 Å². The Morgan fingerprint density at radius 3 is 2.58 bits per heavy atom. The summed E-state index contributed by atoms with van der Waals surface area (Å²) in [7, 11) is 0. The lowest BCUT2D eigenvalue weighted by Crippen LogP contribution is -2.34. The number of hydrogen-bond donors (Lipinski definition) is 2. The first-order valence-corrected chi connectivity index (χ1v) is 8.72. The fraction of sp³-hybridized carbons (Fsp3) is 0.222. The number of ether oxygens (including phenoxy) is 1. The molecule has 126 valence electrons. The average molecular weight is 407 g/mol. The Bertz CT molecular complexity index is 778. The zero-order valence-electron chi connectivity index (χ0n) is 13.8. The highest BCUT2D eigenvalue weighted by molar-refractivity contribution is 9.10. The molecular weight excluding hydrogens is 388 g/mol. The van der Waals surface area contributed by atoms with Gasteiger partial charge in [0.1, 0.15) is 5.75 Å². The number of nitrogens with one attached hydrogen (secondary N) is 2. The van der Waals surface area contributed by atoms with Crippen LogP contribution >= 0.6 is 28.1 Å². The van der Waals surface area contributed by atoms with Crippen molar-refractivity contribution in [1.29, 1.82) is 0 Å². The minimum atomic E-state index is -0.277. The van der Waals surface area contributed by atoms with Crippen LogP contribution in [0.15, 0.2) is 40.9 Å². The fourth-order valence-corrected chi connectivity index (χ4v) is 2.89. The number of aryl methyl sites for hydroxylation is 2. The highest BCUT2D eigenvalue weighted by Crippen LogP contribution is 2.26. The summed E-state index contributed by atoms with van der Waals surface area (Å²) >= 11 is 8.62. The van der Waals surface area contributed by atoms with Gasteiger partial charge in [-0.3, -0.25) is 10.1 Å². The normalized spacial score (nSPS) is 10.2. The topological polar surface area (TPSA) is 50.4 Å². The zero-order chi connectivity index (χ0) is 17.7. The average Bonchev–Trinajstić information content (AvgIpc) is 2.52. The molecule has 0 aromatic heterocycles. The second-order valence-corrected chi connectivity index (χ2v) is 6.57. The van der Waals surface area contributed by atoms with E-state index in [-0.39, 0.29) is 11.0 Å². The number of rotatable bonds is 4. The number of hydrogen-bond acceptors (Lipinski definition) is 3. The highest BCUT2D eigenvalue weighted by atomic mass is 79.9.